The molecule has 6 heteroatoms. The van der Waals surface area contributed by atoms with Crippen molar-refractivity contribution in [3.05, 3.63) is 47.9 Å². The van der Waals surface area contributed by atoms with Crippen LogP contribution in [-0.2, 0) is 13.1 Å². The van der Waals surface area contributed by atoms with Crippen molar-refractivity contribution in [2.24, 2.45) is 0 Å². The molecule has 98 valence electrons. The summed E-state index contributed by atoms with van der Waals surface area (Å²) in [4.78, 5) is 4.53. The van der Waals surface area contributed by atoms with Gasteiger partial charge in [0.2, 0.25) is 0 Å². The molecule has 3 aromatic rings. The molecule has 0 spiro atoms. The summed E-state index contributed by atoms with van der Waals surface area (Å²) >= 11 is 1.60. The predicted octanol–water partition coefficient (Wildman–Crippen LogP) is 2.39. The molecule has 1 N–H and O–H groups in total. The fourth-order valence-electron chi connectivity index (χ4n) is 1.74. The maximum atomic E-state index is 5.32. The topological polar surface area (TPSA) is 55.9 Å². The van der Waals surface area contributed by atoms with Gasteiger partial charge in [-0.05, 0) is 18.2 Å². The number of nitrogens with zero attached hydrogens (tertiary/aromatic N) is 3. The molecule has 3 heterocycles. The first kappa shape index (κ1) is 12.1. The number of aromatic nitrogens is 3. The highest BCUT2D eigenvalue weighted by Crippen LogP contribution is 2.23. The number of rotatable bonds is 6. The van der Waals surface area contributed by atoms with Crippen LogP contribution in [0.3, 0.4) is 0 Å². The second-order valence-corrected chi connectivity index (χ2v) is 4.93. The van der Waals surface area contributed by atoms with E-state index < -0.39 is 0 Å². The van der Waals surface area contributed by atoms with Crippen LogP contribution in [0.4, 0.5) is 0 Å². The number of hydrogen-bond donors (Lipinski definition) is 1. The Bertz CT molecular complexity index is 600. The summed E-state index contributed by atoms with van der Waals surface area (Å²) in [5.41, 5.74) is 1.04. The molecule has 5 nitrogen and oxygen atoms in total. The van der Waals surface area contributed by atoms with E-state index in [4.69, 9.17) is 4.42 Å². The number of nitrogens with one attached hydrogen (secondary N) is 1. The molecule has 0 unspecified atom stereocenters. The fraction of sp³-hybridized carbons (Fsp3) is 0.231. The Hall–Kier alpha value is -1.92. The molecule has 3 aromatic heterocycles. The minimum Gasteiger partial charge on any atom is -0.462 e. The largest absolute Gasteiger partial charge is 0.462 e. The monoisotopic (exact) mass is 274 g/mol. The molecule has 0 aliphatic carbocycles. The number of thiazole rings is 1. The molecule has 0 aromatic carbocycles. The lowest BCUT2D eigenvalue weighted by Gasteiger charge is -2.02. The molecular formula is C13H14N4OS. The van der Waals surface area contributed by atoms with E-state index in [0.717, 1.165) is 36.1 Å². The summed E-state index contributed by atoms with van der Waals surface area (Å²) < 4.78 is 7.23. The smallest absolute Gasteiger partial charge is 0.162 e. The second kappa shape index (κ2) is 5.81. The van der Waals surface area contributed by atoms with Gasteiger partial charge in [0.1, 0.15) is 0 Å². The Labute approximate surface area is 114 Å². The van der Waals surface area contributed by atoms with Crippen LogP contribution < -0.4 is 5.32 Å². The van der Waals surface area contributed by atoms with E-state index in [1.54, 1.807) is 23.8 Å². The van der Waals surface area contributed by atoms with E-state index in [1.807, 2.05) is 29.1 Å². The Morgan fingerprint density at radius 2 is 2.37 bits per heavy atom. The highest BCUT2D eigenvalue weighted by Gasteiger charge is 2.06. The molecule has 0 fully saturated rings. The normalized spacial score (nSPS) is 10.9. The third-order valence-corrected chi connectivity index (χ3v) is 3.57. The van der Waals surface area contributed by atoms with Crippen LogP contribution in [0.5, 0.6) is 0 Å². The van der Waals surface area contributed by atoms with Crippen LogP contribution in [0.1, 0.15) is 5.69 Å². The van der Waals surface area contributed by atoms with Gasteiger partial charge in [0.15, 0.2) is 10.8 Å². The summed E-state index contributed by atoms with van der Waals surface area (Å²) in [5, 5.41) is 10.5. The van der Waals surface area contributed by atoms with Crippen molar-refractivity contribution in [2.75, 3.05) is 6.54 Å². The van der Waals surface area contributed by atoms with E-state index in [1.165, 1.54) is 0 Å². The molecule has 3 rings (SSSR count). The molecule has 0 saturated carbocycles. The van der Waals surface area contributed by atoms with Crippen LogP contribution in [0.2, 0.25) is 0 Å². The van der Waals surface area contributed by atoms with E-state index >= 15 is 0 Å². The zero-order chi connectivity index (χ0) is 12.9. The molecule has 0 saturated heterocycles. The lowest BCUT2D eigenvalue weighted by Crippen LogP contribution is -2.19. The Morgan fingerprint density at radius 3 is 3.16 bits per heavy atom. The van der Waals surface area contributed by atoms with Gasteiger partial charge in [0.05, 0.1) is 18.5 Å². The zero-order valence-corrected chi connectivity index (χ0v) is 11.1. The molecule has 0 atom stereocenters. The molecule has 19 heavy (non-hydrogen) atoms. The first-order valence-corrected chi connectivity index (χ1v) is 6.96. The Balaban J connectivity index is 1.48. The zero-order valence-electron chi connectivity index (χ0n) is 10.3. The van der Waals surface area contributed by atoms with Crippen molar-refractivity contribution in [3.8, 4) is 10.8 Å². The average molecular weight is 274 g/mol. The van der Waals surface area contributed by atoms with Crippen molar-refractivity contribution >= 4 is 11.3 Å². The van der Waals surface area contributed by atoms with Crippen molar-refractivity contribution < 1.29 is 4.42 Å². The first-order chi connectivity index (χ1) is 9.42. The quantitative estimate of drug-likeness (QED) is 0.701. The lowest BCUT2D eigenvalue weighted by atomic mass is 10.4. The predicted molar refractivity (Wildman–Crippen MR) is 73.7 cm³/mol. The van der Waals surface area contributed by atoms with E-state index in [-0.39, 0.29) is 0 Å². The van der Waals surface area contributed by atoms with Gasteiger partial charge in [-0.2, -0.15) is 5.10 Å². The Kier molecular flexibility index (Phi) is 3.71. The van der Waals surface area contributed by atoms with Crippen LogP contribution in [-0.4, -0.2) is 21.3 Å². The van der Waals surface area contributed by atoms with E-state index in [0.29, 0.717) is 0 Å². The number of furan rings is 1. The highest BCUT2D eigenvalue weighted by atomic mass is 32.1. The summed E-state index contributed by atoms with van der Waals surface area (Å²) in [6, 6.07) is 5.72. The highest BCUT2D eigenvalue weighted by molar-refractivity contribution is 7.13. The molecule has 0 aliphatic heterocycles. The van der Waals surface area contributed by atoms with Gasteiger partial charge >= 0.3 is 0 Å². The van der Waals surface area contributed by atoms with Gasteiger partial charge < -0.3 is 9.73 Å². The van der Waals surface area contributed by atoms with E-state index in [9.17, 15) is 0 Å². The summed E-state index contributed by atoms with van der Waals surface area (Å²) in [5.74, 6) is 0.827. The van der Waals surface area contributed by atoms with Crippen LogP contribution in [0.15, 0.2) is 46.7 Å². The summed E-state index contributed by atoms with van der Waals surface area (Å²) in [7, 11) is 0. The van der Waals surface area contributed by atoms with Gasteiger partial charge in [-0.1, -0.05) is 0 Å². The van der Waals surface area contributed by atoms with E-state index in [2.05, 4.69) is 20.8 Å². The Morgan fingerprint density at radius 1 is 1.37 bits per heavy atom. The van der Waals surface area contributed by atoms with Crippen LogP contribution >= 0.6 is 11.3 Å². The second-order valence-electron chi connectivity index (χ2n) is 4.07. The standard InChI is InChI=1S/C13H14N4OS/c1-3-12(18-8-1)13-16-11(10-19-13)9-14-5-7-17-6-2-4-15-17/h1-4,6,8,10,14H,5,7,9H2. The molecule has 0 radical (unpaired) electrons. The molecule has 0 amide bonds. The van der Waals surface area contributed by atoms with Crippen LogP contribution in [0, 0.1) is 0 Å². The van der Waals surface area contributed by atoms with Crippen LogP contribution in [0.25, 0.3) is 10.8 Å². The van der Waals surface area contributed by atoms with Gasteiger partial charge in [0, 0.05) is 30.9 Å². The molecular weight excluding hydrogens is 260 g/mol. The lowest BCUT2D eigenvalue weighted by molar-refractivity contribution is 0.552. The van der Waals surface area contributed by atoms with Crippen molar-refractivity contribution in [1.29, 1.82) is 0 Å². The summed E-state index contributed by atoms with van der Waals surface area (Å²) in [6.07, 6.45) is 5.41. The van der Waals surface area contributed by atoms with Gasteiger partial charge in [-0.15, -0.1) is 11.3 Å². The SMILES string of the molecule is c1coc(-c2nc(CNCCn3cccn3)cs2)c1. The number of hydrogen-bond acceptors (Lipinski definition) is 5. The summed E-state index contributed by atoms with van der Waals surface area (Å²) in [6.45, 7) is 2.50. The van der Waals surface area contributed by atoms with Crippen molar-refractivity contribution in [1.82, 2.24) is 20.1 Å². The first-order valence-electron chi connectivity index (χ1n) is 6.08. The third kappa shape index (κ3) is 3.10. The minimum atomic E-state index is 0.762. The molecule has 0 aliphatic rings. The third-order valence-electron chi connectivity index (χ3n) is 2.67. The maximum absolute atomic E-state index is 5.32. The van der Waals surface area contributed by atoms with Gasteiger partial charge in [-0.25, -0.2) is 4.98 Å². The molecule has 0 bridgehead atoms. The average Bonchev–Trinajstić information content (AvgIpc) is 3.15. The van der Waals surface area contributed by atoms with Gasteiger partial charge in [0.25, 0.3) is 0 Å². The maximum Gasteiger partial charge on any atom is 0.162 e. The van der Waals surface area contributed by atoms with Crippen molar-refractivity contribution in [3.63, 3.8) is 0 Å². The van der Waals surface area contributed by atoms with Gasteiger partial charge in [-0.3, -0.25) is 4.68 Å². The van der Waals surface area contributed by atoms with Crippen molar-refractivity contribution in [2.45, 2.75) is 13.1 Å². The fourth-order valence-corrected chi connectivity index (χ4v) is 2.53. The minimum absolute atomic E-state index is 0.762.